The molecule has 12 atom stereocenters. The van der Waals surface area contributed by atoms with E-state index in [4.69, 9.17) is 11.6 Å². The first-order chi connectivity index (χ1) is 65.3. The van der Waals surface area contributed by atoms with Crippen LogP contribution in [0.15, 0.2) is 319 Å². The van der Waals surface area contributed by atoms with Gasteiger partial charge >= 0.3 is 6.18 Å². The third-order valence-electron chi connectivity index (χ3n) is 24.7. The van der Waals surface area contributed by atoms with Crippen molar-refractivity contribution in [3.63, 3.8) is 0 Å². The van der Waals surface area contributed by atoms with Crippen LogP contribution in [0.3, 0.4) is 0 Å². The molecule has 10 rings (SSSR count). The van der Waals surface area contributed by atoms with E-state index in [-0.39, 0.29) is 6.04 Å². The highest BCUT2D eigenvalue weighted by atomic mass is 35.5. The minimum Gasteiger partial charge on any atom is -0.310 e. The minimum absolute atomic E-state index is 0.161. The summed E-state index contributed by atoms with van der Waals surface area (Å²) >= 11 is 5.96. The molecule has 0 radical (unpaired) electrons. The van der Waals surface area contributed by atoms with E-state index in [1.54, 1.807) is 12.1 Å². The Morgan fingerprint density at radius 2 is 0.413 bits per heavy atom. The third kappa shape index (κ3) is 51.6. The molecule has 4 unspecified atom stereocenters. The van der Waals surface area contributed by atoms with Gasteiger partial charge in [0, 0.05) is 67.5 Å². The third-order valence-corrected chi connectivity index (χ3v) is 25.0. The summed E-state index contributed by atoms with van der Waals surface area (Å²) < 4.78 is 38.0. The Kier molecular flexibility index (Phi) is 55.2. The van der Waals surface area contributed by atoms with Crippen LogP contribution in [-0.4, -0.2) is 49.3 Å². The molecule has 748 valence electrons. The summed E-state index contributed by atoms with van der Waals surface area (Å²) in [7, 11) is 0. The SMILES string of the molecule is CC(C)=CC(C[C@H](C)c1ccc(C)cc1)NCc1ccc(C(F)(F)F)cc1.CC(C)=CC(C[C@H](C)c1ccc(C)cc1)NCc1ccc(C)cc1.CC(C)=CC(C[C@H](C)c1ccc(C)cc1)NCc1ccc(Cl)cc1.CC(C)=CC(C[C@H](C)c1ccc(C)cc1)NCc1ccccc1.CC(C)=C[C@@H](C[C@H](C)c1ccc(C)cc1)NCC(C)C.CC(C)=C[C@H](C[C@H](C)c1ccc(C)cc1)NCC(C)C. The van der Waals surface area contributed by atoms with Gasteiger partial charge in [0.05, 0.1) is 5.56 Å². The first kappa shape index (κ1) is 119. The smallest absolute Gasteiger partial charge is 0.310 e. The molecule has 0 heterocycles. The van der Waals surface area contributed by atoms with E-state index in [0.29, 0.717) is 84.1 Å². The van der Waals surface area contributed by atoms with Crippen LogP contribution in [0.25, 0.3) is 0 Å². The number of rotatable bonds is 42. The van der Waals surface area contributed by atoms with Gasteiger partial charge in [-0.2, -0.15) is 13.2 Å². The lowest BCUT2D eigenvalue weighted by Crippen LogP contribution is -2.32. The fourth-order valence-electron chi connectivity index (χ4n) is 16.6. The van der Waals surface area contributed by atoms with E-state index < -0.39 is 11.7 Å². The summed E-state index contributed by atoms with van der Waals surface area (Å²) in [4.78, 5) is 0. The van der Waals surface area contributed by atoms with E-state index in [9.17, 15) is 13.2 Å². The van der Waals surface area contributed by atoms with E-state index in [0.717, 1.165) is 94.0 Å². The molecule has 10 aromatic carbocycles. The quantitative estimate of drug-likeness (QED) is 0.0214. The fourth-order valence-corrected chi connectivity index (χ4v) is 16.8. The Hall–Kier alpha value is -9.52. The largest absolute Gasteiger partial charge is 0.416 e. The molecule has 0 bridgehead atoms. The summed E-state index contributed by atoms with van der Waals surface area (Å²) in [6.07, 6.45) is 16.2. The number of nitrogens with one attached hydrogen (secondary N) is 6. The molecule has 10 aromatic rings. The molecule has 0 aliphatic heterocycles. The Morgan fingerprint density at radius 3 is 0.601 bits per heavy atom. The van der Waals surface area contributed by atoms with E-state index >= 15 is 0 Å². The first-order valence-electron chi connectivity index (χ1n) is 51.0. The van der Waals surface area contributed by atoms with Gasteiger partial charge in [-0.3, -0.25) is 0 Å². The molecule has 6 N–H and O–H groups in total. The van der Waals surface area contributed by atoms with Crippen molar-refractivity contribution in [2.45, 2.75) is 343 Å². The van der Waals surface area contributed by atoms with Crippen LogP contribution in [0.2, 0.25) is 5.02 Å². The lowest BCUT2D eigenvalue weighted by molar-refractivity contribution is -0.137. The molecule has 6 nitrogen and oxygen atoms in total. The molecule has 10 heteroatoms. The first-order valence-corrected chi connectivity index (χ1v) is 51.4. The molecule has 0 saturated heterocycles. The van der Waals surface area contributed by atoms with Gasteiger partial charge in [0.2, 0.25) is 0 Å². The second-order valence-corrected chi connectivity index (χ2v) is 42.2. The van der Waals surface area contributed by atoms with Crippen LogP contribution in [0.1, 0.15) is 326 Å². The van der Waals surface area contributed by atoms with Crippen LogP contribution in [0.4, 0.5) is 13.2 Å². The number of aryl methyl sites for hydroxylation is 7. The Bertz CT molecular complexity index is 4950. The number of benzene rings is 10. The number of allylic oxidation sites excluding steroid dienone is 6. The van der Waals surface area contributed by atoms with Crippen LogP contribution < -0.4 is 31.9 Å². The molecular weight excluding hydrogens is 1710 g/mol. The molecule has 0 saturated carbocycles. The van der Waals surface area contributed by atoms with Crippen molar-refractivity contribution in [3.05, 3.63) is 424 Å². The van der Waals surface area contributed by atoms with Crippen molar-refractivity contribution >= 4 is 11.6 Å². The number of alkyl halides is 3. The highest BCUT2D eigenvalue weighted by Crippen LogP contribution is 2.32. The zero-order valence-electron chi connectivity index (χ0n) is 90.2. The maximum Gasteiger partial charge on any atom is 0.416 e. The zero-order valence-corrected chi connectivity index (χ0v) is 91.0. The van der Waals surface area contributed by atoms with Gasteiger partial charge in [0.25, 0.3) is 0 Å². The van der Waals surface area contributed by atoms with Crippen LogP contribution in [-0.2, 0) is 32.4 Å². The monoisotopic (exact) mass is 1890 g/mol. The molecule has 0 aromatic heterocycles. The maximum absolute atomic E-state index is 12.7. The topological polar surface area (TPSA) is 72.2 Å². The average Bonchev–Trinajstić information content (AvgIpc) is 0.856. The van der Waals surface area contributed by atoms with Crippen molar-refractivity contribution in [3.8, 4) is 0 Å². The van der Waals surface area contributed by atoms with Crippen LogP contribution >= 0.6 is 11.6 Å². The van der Waals surface area contributed by atoms with Crippen molar-refractivity contribution in [1.29, 1.82) is 0 Å². The van der Waals surface area contributed by atoms with Gasteiger partial charge in [-0.15, -0.1) is 0 Å². The van der Waals surface area contributed by atoms with Crippen molar-refractivity contribution < 1.29 is 13.2 Å². The second-order valence-electron chi connectivity index (χ2n) is 41.8. The van der Waals surface area contributed by atoms with Crippen LogP contribution in [0, 0.1) is 60.3 Å². The maximum atomic E-state index is 12.7. The average molecular weight is 1890 g/mol. The molecule has 0 fully saturated rings. The Morgan fingerprint density at radius 1 is 0.239 bits per heavy atom. The Labute approximate surface area is 843 Å². The lowest BCUT2D eigenvalue weighted by atomic mass is 9.92. The minimum atomic E-state index is -4.29. The normalized spacial score (nSPS) is 13.7. The predicted octanol–water partition coefficient (Wildman–Crippen LogP) is 34.6. The van der Waals surface area contributed by atoms with Gasteiger partial charge < -0.3 is 31.9 Å². The number of halogens is 4. The fraction of sp³-hybridized carbons (Fsp3) is 0.438. The predicted molar refractivity (Wildman–Crippen MR) is 598 cm³/mol. The summed E-state index contributed by atoms with van der Waals surface area (Å²) in [5.41, 5.74) is 29.9. The van der Waals surface area contributed by atoms with Crippen molar-refractivity contribution in [1.82, 2.24) is 31.9 Å². The summed E-state index contributed by atoms with van der Waals surface area (Å²) in [5, 5.41) is 22.7. The van der Waals surface area contributed by atoms with E-state index in [1.165, 1.54) is 122 Å². The summed E-state index contributed by atoms with van der Waals surface area (Å²) in [6, 6.07) is 88.3. The van der Waals surface area contributed by atoms with Gasteiger partial charge in [-0.25, -0.2) is 0 Å². The van der Waals surface area contributed by atoms with Gasteiger partial charge in [-0.1, -0.05) is 414 Å². The molecular formula is C128H178ClF3N6. The standard InChI is InChI=1S/C23H28F3N.C23H31N.C22H28ClN.C22H29N.2C19H31N/c1-16(2)13-22(14-18(4)20-9-5-17(3)6-10-20)27-15-19-7-11-21(12-8-19)23(24,25)26;1-17(2)14-23(24-16-21-10-6-18(3)7-11-21)15-20(5)22-12-8-19(4)9-13-22;1-16(2)13-22(24-15-19-7-11-21(23)12-8-19)14-18(4)20-9-5-17(3)6-10-20;1-17(2)14-22(23-16-20-8-6-5-7-9-20)15-19(4)21-12-10-18(3)11-13-21;2*1-14(2)11-19(20-13-15(3)4)12-17(6)18-9-7-16(5)8-10-18/h5-13,18,22,27H,14-15H2,1-4H3;6-14,20,23-24H,15-16H2,1-5H3;5-13,18,22,24H,14-15H2,1-4H3;5-14,19,22-23H,15-16H2,1-4H3;2*7-11,15,17,19-20H,12-13H2,1-6H3/t18-,22?;20-,23?;18-,22?;19-,22?;17-,19+;17-,19-/m000000/s1. The molecule has 0 aliphatic rings. The van der Waals surface area contributed by atoms with E-state index in [2.05, 4.69) is 481 Å². The van der Waals surface area contributed by atoms with Gasteiger partial charge in [0.15, 0.2) is 0 Å². The highest BCUT2D eigenvalue weighted by Gasteiger charge is 2.30. The summed E-state index contributed by atoms with van der Waals surface area (Å²) in [6.45, 7) is 69.0. The van der Waals surface area contributed by atoms with Crippen LogP contribution in [0.5, 0.6) is 0 Å². The van der Waals surface area contributed by atoms with E-state index in [1.807, 2.05) is 12.1 Å². The van der Waals surface area contributed by atoms with Crippen molar-refractivity contribution in [2.24, 2.45) is 11.8 Å². The molecule has 138 heavy (non-hydrogen) atoms. The lowest BCUT2D eigenvalue weighted by Gasteiger charge is -2.22. The second kappa shape index (κ2) is 64.0. The highest BCUT2D eigenvalue weighted by molar-refractivity contribution is 6.30. The zero-order chi connectivity index (χ0) is 102. The Balaban J connectivity index is 0.000000293. The van der Waals surface area contributed by atoms with Gasteiger partial charge in [-0.05, 0) is 310 Å². The molecule has 0 spiro atoms. The molecule has 0 aliphatic carbocycles. The number of hydrogen-bond donors (Lipinski definition) is 6. The molecule has 0 amide bonds. The summed E-state index contributed by atoms with van der Waals surface area (Å²) in [5.74, 6) is 4.52. The van der Waals surface area contributed by atoms with Gasteiger partial charge in [0.1, 0.15) is 0 Å². The van der Waals surface area contributed by atoms with Crippen molar-refractivity contribution in [2.75, 3.05) is 13.1 Å². The number of hydrogen-bond acceptors (Lipinski definition) is 6.